The third kappa shape index (κ3) is 2.62. The highest BCUT2D eigenvalue weighted by Crippen LogP contribution is 2.42. The monoisotopic (exact) mass is 271 g/mol. The zero-order chi connectivity index (χ0) is 13.9. The molecule has 1 aliphatic carbocycles. The Balaban J connectivity index is 1.90. The highest BCUT2D eigenvalue weighted by atomic mass is 16.3. The number of fused-ring (bicyclic) bond motifs is 1. The minimum absolute atomic E-state index is 0.577. The quantitative estimate of drug-likeness (QED) is 0.881. The molecule has 1 aromatic heterocycles. The van der Waals surface area contributed by atoms with E-state index in [1.807, 2.05) is 0 Å². The maximum Gasteiger partial charge on any atom is 0.134 e. The first kappa shape index (κ1) is 13.7. The largest absolute Gasteiger partial charge is 0.461 e. The van der Waals surface area contributed by atoms with Gasteiger partial charge in [0.25, 0.3) is 0 Å². The van der Waals surface area contributed by atoms with E-state index in [1.165, 1.54) is 36.8 Å². The molecule has 0 saturated heterocycles. The topological polar surface area (TPSA) is 25.2 Å². The fourth-order valence-corrected chi connectivity index (χ4v) is 3.73. The van der Waals surface area contributed by atoms with Crippen molar-refractivity contribution in [1.29, 1.82) is 0 Å². The van der Waals surface area contributed by atoms with Gasteiger partial charge in [0.15, 0.2) is 0 Å². The maximum atomic E-state index is 6.15. The molecule has 108 valence electrons. The highest BCUT2D eigenvalue weighted by Gasteiger charge is 2.32. The highest BCUT2D eigenvalue weighted by molar-refractivity contribution is 5.77. The Kier molecular flexibility index (Phi) is 4.11. The molecule has 0 amide bonds. The second kappa shape index (κ2) is 6.01. The summed E-state index contributed by atoms with van der Waals surface area (Å²) in [5.74, 6) is 3.35. The lowest BCUT2D eigenvalue weighted by atomic mass is 9.72. The van der Waals surface area contributed by atoms with E-state index in [-0.39, 0.29) is 0 Å². The van der Waals surface area contributed by atoms with Crippen LogP contribution in [0.15, 0.2) is 34.7 Å². The van der Waals surface area contributed by atoms with Gasteiger partial charge in [0.05, 0.1) is 0 Å². The van der Waals surface area contributed by atoms with Crippen molar-refractivity contribution >= 4 is 11.0 Å². The van der Waals surface area contributed by atoms with Crippen molar-refractivity contribution in [1.82, 2.24) is 5.32 Å². The number of hydrogen-bond acceptors (Lipinski definition) is 2. The van der Waals surface area contributed by atoms with Crippen molar-refractivity contribution < 1.29 is 4.42 Å². The Morgan fingerprint density at radius 3 is 2.85 bits per heavy atom. The summed E-state index contributed by atoms with van der Waals surface area (Å²) in [6, 6.07) is 10.6. The van der Waals surface area contributed by atoms with Crippen LogP contribution in [0.3, 0.4) is 0 Å². The van der Waals surface area contributed by atoms with Gasteiger partial charge in [0.1, 0.15) is 11.3 Å². The van der Waals surface area contributed by atoms with Crippen LogP contribution in [0.4, 0.5) is 0 Å². The first-order valence-electron chi connectivity index (χ1n) is 7.95. The predicted molar refractivity (Wildman–Crippen MR) is 84.0 cm³/mol. The zero-order valence-electron chi connectivity index (χ0n) is 12.6. The smallest absolute Gasteiger partial charge is 0.134 e. The Labute approximate surface area is 121 Å². The molecule has 1 saturated carbocycles. The molecule has 0 bridgehead atoms. The zero-order valence-corrected chi connectivity index (χ0v) is 12.6. The minimum atomic E-state index is 0.577. The van der Waals surface area contributed by atoms with E-state index < -0.39 is 0 Å². The van der Waals surface area contributed by atoms with E-state index in [0.29, 0.717) is 11.8 Å². The molecule has 3 unspecified atom stereocenters. The Hall–Kier alpha value is -1.28. The molecule has 20 heavy (non-hydrogen) atoms. The van der Waals surface area contributed by atoms with Gasteiger partial charge in [-0.05, 0) is 50.4 Å². The van der Waals surface area contributed by atoms with Crippen LogP contribution < -0.4 is 5.32 Å². The van der Waals surface area contributed by atoms with Crippen LogP contribution in [0.1, 0.15) is 44.3 Å². The fourth-order valence-electron chi connectivity index (χ4n) is 3.73. The van der Waals surface area contributed by atoms with Crippen molar-refractivity contribution in [3.63, 3.8) is 0 Å². The lowest BCUT2D eigenvalue weighted by Crippen LogP contribution is -2.30. The Morgan fingerprint density at radius 2 is 2.10 bits per heavy atom. The molecule has 1 N–H and O–H groups in total. The SMILES string of the molecule is CCC1CCC(CNC)C(c2cc3ccccc3o2)C1. The Morgan fingerprint density at radius 1 is 1.25 bits per heavy atom. The standard InChI is InChI=1S/C18H25NO/c1-3-13-8-9-15(12-19-2)16(10-13)18-11-14-6-4-5-7-17(14)20-18/h4-7,11,13,15-16,19H,3,8-10,12H2,1-2H3. The minimum Gasteiger partial charge on any atom is -0.461 e. The third-order valence-corrected chi connectivity index (χ3v) is 4.96. The van der Waals surface area contributed by atoms with Gasteiger partial charge in [-0.2, -0.15) is 0 Å². The van der Waals surface area contributed by atoms with Gasteiger partial charge in [0, 0.05) is 11.3 Å². The van der Waals surface area contributed by atoms with Crippen LogP contribution in [0, 0.1) is 11.8 Å². The maximum absolute atomic E-state index is 6.15. The molecule has 1 heterocycles. The second-order valence-electron chi connectivity index (χ2n) is 6.20. The van der Waals surface area contributed by atoms with Crippen molar-refractivity contribution in [3.05, 3.63) is 36.1 Å². The van der Waals surface area contributed by atoms with Crippen LogP contribution in [-0.2, 0) is 0 Å². The molecule has 2 heteroatoms. The Bertz CT molecular complexity index is 526. The summed E-state index contributed by atoms with van der Waals surface area (Å²) in [4.78, 5) is 0. The summed E-state index contributed by atoms with van der Waals surface area (Å²) in [5, 5.41) is 4.60. The normalized spacial score (nSPS) is 27.0. The number of rotatable bonds is 4. The van der Waals surface area contributed by atoms with Crippen LogP contribution in [0.5, 0.6) is 0 Å². The molecule has 0 spiro atoms. The molecular formula is C18H25NO. The molecule has 0 radical (unpaired) electrons. The molecule has 3 atom stereocenters. The first-order chi connectivity index (χ1) is 9.81. The summed E-state index contributed by atoms with van der Waals surface area (Å²) in [6.07, 6.45) is 5.27. The van der Waals surface area contributed by atoms with Crippen LogP contribution in [0.2, 0.25) is 0 Å². The molecule has 1 aromatic carbocycles. The number of hydrogen-bond donors (Lipinski definition) is 1. The molecule has 1 aliphatic rings. The van der Waals surface area contributed by atoms with E-state index in [9.17, 15) is 0 Å². The van der Waals surface area contributed by atoms with E-state index >= 15 is 0 Å². The molecule has 0 aliphatic heterocycles. The lowest BCUT2D eigenvalue weighted by molar-refractivity contribution is 0.210. The molecule has 3 rings (SSSR count). The van der Waals surface area contributed by atoms with E-state index in [0.717, 1.165) is 18.0 Å². The average Bonchev–Trinajstić information content (AvgIpc) is 2.91. The summed E-state index contributed by atoms with van der Waals surface area (Å²) < 4.78 is 6.15. The van der Waals surface area contributed by atoms with Crippen LogP contribution in [0.25, 0.3) is 11.0 Å². The molecule has 2 aromatic rings. The lowest BCUT2D eigenvalue weighted by Gasteiger charge is -2.34. The van der Waals surface area contributed by atoms with Crippen molar-refractivity contribution in [2.75, 3.05) is 13.6 Å². The van der Waals surface area contributed by atoms with Gasteiger partial charge in [-0.1, -0.05) is 38.0 Å². The molecule has 1 fully saturated rings. The van der Waals surface area contributed by atoms with E-state index in [4.69, 9.17) is 4.42 Å². The predicted octanol–water partition coefficient (Wildman–Crippen LogP) is 4.56. The first-order valence-corrected chi connectivity index (χ1v) is 7.95. The van der Waals surface area contributed by atoms with Crippen LogP contribution in [-0.4, -0.2) is 13.6 Å². The summed E-state index contributed by atoms with van der Waals surface area (Å²) in [5.41, 5.74) is 1.03. The number of furan rings is 1. The van der Waals surface area contributed by atoms with Gasteiger partial charge < -0.3 is 9.73 Å². The molecule has 2 nitrogen and oxygen atoms in total. The van der Waals surface area contributed by atoms with Gasteiger partial charge in [-0.15, -0.1) is 0 Å². The second-order valence-corrected chi connectivity index (χ2v) is 6.20. The van der Waals surface area contributed by atoms with Gasteiger partial charge in [-0.3, -0.25) is 0 Å². The number of benzene rings is 1. The van der Waals surface area contributed by atoms with Gasteiger partial charge in [-0.25, -0.2) is 0 Å². The molecular weight excluding hydrogens is 246 g/mol. The summed E-state index contributed by atoms with van der Waals surface area (Å²) in [7, 11) is 2.06. The van der Waals surface area contributed by atoms with Crippen LogP contribution >= 0.6 is 0 Å². The number of nitrogens with one attached hydrogen (secondary N) is 1. The number of para-hydroxylation sites is 1. The van der Waals surface area contributed by atoms with Crippen molar-refractivity contribution in [2.24, 2.45) is 11.8 Å². The van der Waals surface area contributed by atoms with E-state index in [1.54, 1.807) is 0 Å². The summed E-state index contributed by atoms with van der Waals surface area (Å²) >= 11 is 0. The van der Waals surface area contributed by atoms with Crippen molar-refractivity contribution in [2.45, 2.75) is 38.5 Å². The van der Waals surface area contributed by atoms with Gasteiger partial charge >= 0.3 is 0 Å². The van der Waals surface area contributed by atoms with E-state index in [2.05, 4.69) is 49.6 Å². The third-order valence-electron chi connectivity index (χ3n) is 4.96. The average molecular weight is 271 g/mol. The van der Waals surface area contributed by atoms with Crippen molar-refractivity contribution in [3.8, 4) is 0 Å². The fraction of sp³-hybridized carbons (Fsp3) is 0.556. The summed E-state index contributed by atoms with van der Waals surface area (Å²) in [6.45, 7) is 3.41. The van der Waals surface area contributed by atoms with Gasteiger partial charge in [0.2, 0.25) is 0 Å².